The maximum atomic E-state index is 12.8. The van der Waals surface area contributed by atoms with E-state index in [0.717, 1.165) is 0 Å². The molecule has 2 N–H and O–H groups in total. The van der Waals surface area contributed by atoms with Crippen LogP contribution in [-0.4, -0.2) is 31.8 Å². The van der Waals surface area contributed by atoms with Crippen molar-refractivity contribution in [3.8, 4) is 11.5 Å². The molecule has 0 aliphatic rings. The molecule has 0 unspecified atom stereocenters. The predicted molar refractivity (Wildman–Crippen MR) is 86.4 cm³/mol. The molecular weight excluding hydrogens is 337 g/mol. The Kier molecular flexibility index (Phi) is 5.40. The van der Waals surface area contributed by atoms with Crippen LogP contribution in [0.3, 0.4) is 0 Å². The third-order valence-corrected chi connectivity index (χ3v) is 4.90. The average molecular weight is 353 g/mol. The van der Waals surface area contributed by atoms with E-state index in [1.807, 2.05) is 0 Å². The van der Waals surface area contributed by atoms with Crippen molar-refractivity contribution < 1.29 is 27.4 Å². The molecule has 0 saturated carbocycles. The summed E-state index contributed by atoms with van der Waals surface area (Å²) in [5.41, 5.74) is -0.0303. The summed E-state index contributed by atoms with van der Waals surface area (Å²) in [6.45, 7) is 1.12. The number of phenolic OH excluding ortho intramolecular Hbond substituents is 1. The highest BCUT2D eigenvalue weighted by atomic mass is 32.2. The van der Waals surface area contributed by atoms with Crippen LogP contribution in [0, 0.1) is 5.82 Å². The molecule has 0 saturated heterocycles. The number of ether oxygens (including phenoxy) is 1. The number of halogens is 1. The fraction of sp³-hybridized carbons (Fsp3) is 0.188. The number of hydrogen-bond acceptors (Lipinski definition) is 5. The highest BCUT2D eigenvalue weighted by Gasteiger charge is 2.15. The van der Waals surface area contributed by atoms with E-state index in [0.29, 0.717) is 5.75 Å². The summed E-state index contributed by atoms with van der Waals surface area (Å²) >= 11 is 0. The highest BCUT2D eigenvalue weighted by molar-refractivity contribution is 7.91. The van der Waals surface area contributed by atoms with Gasteiger partial charge in [-0.1, -0.05) is 6.92 Å². The molecule has 8 heteroatoms. The van der Waals surface area contributed by atoms with Gasteiger partial charge in [-0.3, -0.25) is 4.79 Å². The van der Waals surface area contributed by atoms with Gasteiger partial charge in [-0.25, -0.2) is 12.8 Å². The molecule has 0 aliphatic carbocycles. The van der Waals surface area contributed by atoms with Crippen LogP contribution in [-0.2, 0) is 14.6 Å². The molecule has 2 aromatic carbocycles. The zero-order valence-electron chi connectivity index (χ0n) is 12.8. The number of rotatable bonds is 6. The Bertz CT molecular complexity index is 834. The summed E-state index contributed by atoms with van der Waals surface area (Å²) in [6.07, 6.45) is 0. The van der Waals surface area contributed by atoms with E-state index in [1.165, 1.54) is 49.4 Å². The molecule has 0 radical (unpaired) electrons. The first kappa shape index (κ1) is 17.7. The Morgan fingerprint density at radius 1 is 1.21 bits per heavy atom. The van der Waals surface area contributed by atoms with Crippen molar-refractivity contribution >= 4 is 21.4 Å². The number of phenols is 1. The second-order valence-electron chi connectivity index (χ2n) is 4.87. The number of carbonyl (C=O) groups excluding carboxylic acids is 1. The van der Waals surface area contributed by atoms with Crippen molar-refractivity contribution in [1.82, 2.24) is 0 Å². The molecule has 0 fully saturated rings. The summed E-state index contributed by atoms with van der Waals surface area (Å²) in [4.78, 5) is 11.9. The van der Waals surface area contributed by atoms with E-state index in [1.54, 1.807) is 0 Å². The number of hydrogen-bond donors (Lipinski definition) is 2. The maximum absolute atomic E-state index is 12.8. The normalized spacial score (nSPS) is 11.1. The molecule has 0 heterocycles. The van der Waals surface area contributed by atoms with Crippen molar-refractivity contribution in [2.45, 2.75) is 11.8 Å². The van der Waals surface area contributed by atoms with Crippen LogP contribution in [0.2, 0.25) is 0 Å². The van der Waals surface area contributed by atoms with Gasteiger partial charge in [0.2, 0.25) is 0 Å². The monoisotopic (exact) mass is 353 g/mol. The third kappa shape index (κ3) is 4.45. The van der Waals surface area contributed by atoms with Gasteiger partial charge in [0.05, 0.1) is 16.3 Å². The number of benzene rings is 2. The highest BCUT2D eigenvalue weighted by Crippen LogP contribution is 2.27. The van der Waals surface area contributed by atoms with Gasteiger partial charge < -0.3 is 15.2 Å². The van der Waals surface area contributed by atoms with Crippen LogP contribution in [0.15, 0.2) is 47.4 Å². The third-order valence-electron chi connectivity index (χ3n) is 3.16. The fourth-order valence-electron chi connectivity index (χ4n) is 1.84. The van der Waals surface area contributed by atoms with Crippen molar-refractivity contribution in [1.29, 1.82) is 0 Å². The zero-order valence-corrected chi connectivity index (χ0v) is 13.6. The molecule has 6 nitrogen and oxygen atoms in total. The average Bonchev–Trinajstić information content (AvgIpc) is 2.56. The Hall–Kier alpha value is -2.61. The standard InChI is InChI=1S/C16H16FNO5S/c1-2-24(21,22)13-7-8-15(19)14(9-13)18-16(20)10-23-12-5-3-11(17)4-6-12/h3-9,19H,2,10H2,1H3,(H,18,20). The first-order valence-electron chi connectivity index (χ1n) is 7.06. The molecule has 0 spiro atoms. The minimum Gasteiger partial charge on any atom is -0.506 e. The van der Waals surface area contributed by atoms with Gasteiger partial charge in [0.25, 0.3) is 5.91 Å². The number of nitrogens with one attached hydrogen (secondary N) is 1. The van der Waals surface area contributed by atoms with E-state index < -0.39 is 21.6 Å². The summed E-state index contributed by atoms with van der Waals surface area (Å²) in [5, 5.41) is 12.1. The quantitative estimate of drug-likeness (QED) is 0.778. The second kappa shape index (κ2) is 7.31. The van der Waals surface area contributed by atoms with Gasteiger partial charge in [0.15, 0.2) is 16.4 Å². The van der Waals surface area contributed by atoms with Gasteiger partial charge in [0.1, 0.15) is 17.3 Å². The van der Waals surface area contributed by atoms with Crippen LogP contribution in [0.4, 0.5) is 10.1 Å². The van der Waals surface area contributed by atoms with Gasteiger partial charge in [-0.15, -0.1) is 0 Å². The molecule has 128 valence electrons. The molecule has 2 aromatic rings. The van der Waals surface area contributed by atoms with Crippen molar-refractivity contribution in [2.24, 2.45) is 0 Å². The summed E-state index contributed by atoms with van der Waals surface area (Å²) in [5.74, 6) is -1.08. The Morgan fingerprint density at radius 2 is 1.88 bits per heavy atom. The Balaban J connectivity index is 2.05. The van der Waals surface area contributed by atoms with Crippen LogP contribution in [0.1, 0.15) is 6.92 Å². The maximum Gasteiger partial charge on any atom is 0.262 e. The summed E-state index contributed by atoms with van der Waals surface area (Å²) in [7, 11) is -3.46. The van der Waals surface area contributed by atoms with Crippen molar-refractivity contribution in [2.75, 3.05) is 17.7 Å². The van der Waals surface area contributed by atoms with Crippen LogP contribution in [0.25, 0.3) is 0 Å². The minimum atomic E-state index is -3.46. The van der Waals surface area contributed by atoms with Crippen molar-refractivity contribution in [3.05, 3.63) is 48.3 Å². The van der Waals surface area contributed by atoms with Gasteiger partial charge >= 0.3 is 0 Å². The first-order chi connectivity index (χ1) is 11.3. The molecular formula is C16H16FNO5S. The van der Waals surface area contributed by atoms with E-state index in [4.69, 9.17) is 4.74 Å². The number of amides is 1. The first-order valence-corrected chi connectivity index (χ1v) is 8.71. The molecule has 0 aliphatic heterocycles. The Labute approximate surface area is 138 Å². The van der Waals surface area contributed by atoms with Crippen LogP contribution in [0.5, 0.6) is 11.5 Å². The number of carbonyl (C=O) groups is 1. The Morgan fingerprint density at radius 3 is 2.50 bits per heavy atom. The number of anilines is 1. The summed E-state index contributed by atoms with van der Waals surface area (Å²) < 4.78 is 41.6. The smallest absolute Gasteiger partial charge is 0.262 e. The molecule has 0 bridgehead atoms. The predicted octanol–water partition coefficient (Wildman–Crippen LogP) is 2.34. The minimum absolute atomic E-state index is 0.00227. The van der Waals surface area contributed by atoms with Gasteiger partial charge in [0, 0.05) is 0 Å². The molecule has 24 heavy (non-hydrogen) atoms. The van der Waals surface area contributed by atoms with E-state index in [-0.39, 0.29) is 28.7 Å². The topological polar surface area (TPSA) is 92.7 Å². The van der Waals surface area contributed by atoms with E-state index >= 15 is 0 Å². The summed E-state index contributed by atoms with van der Waals surface area (Å²) in [6, 6.07) is 8.77. The van der Waals surface area contributed by atoms with Crippen LogP contribution < -0.4 is 10.1 Å². The number of aromatic hydroxyl groups is 1. The van der Waals surface area contributed by atoms with Crippen LogP contribution >= 0.6 is 0 Å². The molecule has 1 amide bonds. The second-order valence-corrected chi connectivity index (χ2v) is 7.15. The van der Waals surface area contributed by atoms with E-state index in [9.17, 15) is 22.7 Å². The lowest BCUT2D eigenvalue weighted by atomic mass is 10.3. The van der Waals surface area contributed by atoms with Gasteiger partial charge in [-0.2, -0.15) is 0 Å². The SMILES string of the molecule is CCS(=O)(=O)c1ccc(O)c(NC(=O)COc2ccc(F)cc2)c1. The van der Waals surface area contributed by atoms with Crippen molar-refractivity contribution in [3.63, 3.8) is 0 Å². The lowest BCUT2D eigenvalue weighted by Crippen LogP contribution is -2.20. The fourth-order valence-corrected chi connectivity index (χ4v) is 2.75. The molecule has 2 rings (SSSR count). The molecule has 0 aromatic heterocycles. The van der Waals surface area contributed by atoms with E-state index in [2.05, 4.69) is 5.32 Å². The lowest BCUT2D eigenvalue weighted by Gasteiger charge is -2.10. The molecule has 0 atom stereocenters. The zero-order chi connectivity index (χ0) is 17.7. The number of sulfone groups is 1. The lowest BCUT2D eigenvalue weighted by molar-refractivity contribution is -0.118. The van der Waals surface area contributed by atoms with Gasteiger partial charge in [-0.05, 0) is 42.5 Å². The largest absolute Gasteiger partial charge is 0.506 e.